The Morgan fingerprint density at radius 3 is 2.29 bits per heavy atom. The van der Waals surface area contributed by atoms with Gasteiger partial charge in [-0.05, 0) is 70.6 Å². The number of rotatable bonds is 4. The second-order valence-corrected chi connectivity index (χ2v) is 6.95. The first-order valence-electron chi connectivity index (χ1n) is 7.41. The van der Waals surface area contributed by atoms with Gasteiger partial charge in [-0.15, -0.1) is 0 Å². The largest absolute Gasteiger partial charge is 0.309 e. The van der Waals surface area contributed by atoms with E-state index < -0.39 is 0 Å². The topological polar surface area (TPSA) is 12.0 Å². The lowest BCUT2D eigenvalue weighted by Gasteiger charge is -2.26. The molecule has 1 N–H and O–H groups in total. The highest BCUT2D eigenvalue weighted by Gasteiger charge is 2.20. The third kappa shape index (κ3) is 3.18. The van der Waals surface area contributed by atoms with Crippen molar-refractivity contribution in [3.63, 3.8) is 0 Å². The van der Waals surface area contributed by atoms with Crippen molar-refractivity contribution in [2.45, 2.75) is 31.2 Å². The van der Waals surface area contributed by atoms with Gasteiger partial charge in [0.15, 0.2) is 0 Å². The molecule has 0 amide bonds. The Morgan fingerprint density at radius 2 is 1.76 bits per heavy atom. The van der Waals surface area contributed by atoms with Crippen LogP contribution in [-0.4, -0.2) is 7.05 Å². The van der Waals surface area contributed by atoms with Gasteiger partial charge in [0, 0.05) is 4.47 Å². The van der Waals surface area contributed by atoms with E-state index in [1.807, 2.05) is 19.2 Å². The fourth-order valence-electron chi connectivity index (χ4n) is 2.92. The first-order chi connectivity index (χ1) is 10.2. The van der Waals surface area contributed by atoms with Crippen molar-refractivity contribution in [3.8, 4) is 0 Å². The molecule has 2 aromatic carbocycles. The van der Waals surface area contributed by atoms with E-state index in [1.165, 1.54) is 36.0 Å². The first kappa shape index (κ1) is 15.1. The quantitative estimate of drug-likeness (QED) is 0.736. The second kappa shape index (κ2) is 6.51. The summed E-state index contributed by atoms with van der Waals surface area (Å²) in [4.78, 5) is 0. The van der Waals surface area contributed by atoms with E-state index >= 15 is 0 Å². The summed E-state index contributed by atoms with van der Waals surface area (Å²) in [5.74, 6) is 0.786. The van der Waals surface area contributed by atoms with Crippen LogP contribution in [0.4, 0.5) is 0 Å². The minimum atomic E-state index is 0.172. The van der Waals surface area contributed by atoms with Crippen molar-refractivity contribution in [1.82, 2.24) is 5.32 Å². The Morgan fingerprint density at radius 1 is 1.10 bits per heavy atom. The molecular formula is C18H19BrClN. The monoisotopic (exact) mass is 363 g/mol. The van der Waals surface area contributed by atoms with E-state index in [0.29, 0.717) is 0 Å². The fourth-order valence-corrected chi connectivity index (χ4v) is 3.36. The zero-order valence-corrected chi connectivity index (χ0v) is 14.4. The molecule has 3 rings (SSSR count). The fraction of sp³-hybridized carbons (Fsp3) is 0.333. The molecule has 21 heavy (non-hydrogen) atoms. The molecule has 3 heteroatoms. The van der Waals surface area contributed by atoms with Gasteiger partial charge < -0.3 is 5.32 Å². The maximum absolute atomic E-state index is 6.22. The zero-order chi connectivity index (χ0) is 14.8. The van der Waals surface area contributed by atoms with Crippen LogP contribution in [0.5, 0.6) is 0 Å². The van der Waals surface area contributed by atoms with Crippen LogP contribution in [0.3, 0.4) is 0 Å². The Hall–Kier alpha value is -0.830. The van der Waals surface area contributed by atoms with E-state index in [4.69, 9.17) is 11.6 Å². The van der Waals surface area contributed by atoms with Crippen LogP contribution in [0.15, 0.2) is 46.9 Å². The Kier molecular flexibility index (Phi) is 4.68. The van der Waals surface area contributed by atoms with Crippen LogP contribution >= 0.6 is 27.5 Å². The summed E-state index contributed by atoms with van der Waals surface area (Å²) >= 11 is 9.66. The minimum Gasteiger partial charge on any atom is -0.309 e. The highest BCUT2D eigenvalue weighted by atomic mass is 79.9. The van der Waals surface area contributed by atoms with E-state index in [0.717, 1.165) is 15.4 Å². The van der Waals surface area contributed by atoms with Crippen LogP contribution in [0.2, 0.25) is 5.02 Å². The Bertz CT molecular complexity index is 620. The number of benzene rings is 2. The molecule has 1 unspecified atom stereocenters. The average molecular weight is 365 g/mol. The van der Waals surface area contributed by atoms with Gasteiger partial charge in [0.1, 0.15) is 0 Å². The summed E-state index contributed by atoms with van der Waals surface area (Å²) in [5.41, 5.74) is 3.94. The van der Waals surface area contributed by atoms with E-state index in [2.05, 4.69) is 51.6 Å². The SMILES string of the molecule is CNC(c1ccc(C2CCC2)cc1)c1ccc(Br)c(Cl)c1. The van der Waals surface area contributed by atoms with Gasteiger partial charge in [0.05, 0.1) is 11.1 Å². The van der Waals surface area contributed by atoms with Crippen LogP contribution in [0.25, 0.3) is 0 Å². The van der Waals surface area contributed by atoms with Crippen LogP contribution in [0.1, 0.15) is 47.9 Å². The molecule has 0 aliphatic heterocycles. The molecule has 1 nitrogen and oxygen atoms in total. The van der Waals surface area contributed by atoms with E-state index in [1.54, 1.807) is 0 Å². The van der Waals surface area contributed by atoms with E-state index in [-0.39, 0.29) is 6.04 Å². The molecule has 1 saturated carbocycles. The zero-order valence-electron chi connectivity index (χ0n) is 12.1. The maximum Gasteiger partial charge on any atom is 0.0574 e. The molecule has 0 heterocycles. The number of halogens is 2. The van der Waals surface area contributed by atoms with Crippen molar-refractivity contribution in [3.05, 3.63) is 68.7 Å². The normalized spacial score (nSPS) is 16.5. The standard InChI is InChI=1S/C18H19BrClN/c1-21-18(15-9-10-16(19)17(20)11-15)14-7-5-13(6-8-14)12-3-2-4-12/h5-12,18,21H,2-4H2,1H3. The lowest BCUT2D eigenvalue weighted by molar-refractivity contribution is 0.419. The van der Waals surface area contributed by atoms with Gasteiger partial charge in [-0.3, -0.25) is 0 Å². The molecule has 1 aliphatic rings. The molecule has 0 aromatic heterocycles. The third-order valence-electron chi connectivity index (χ3n) is 4.41. The maximum atomic E-state index is 6.22. The molecule has 0 bridgehead atoms. The predicted octanol–water partition coefficient (Wildman–Crippen LogP) is 5.68. The van der Waals surface area contributed by atoms with Crippen molar-refractivity contribution >= 4 is 27.5 Å². The average Bonchev–Trinajstić information content (AvgIpc) is 2.43. The smallest absolute Gasteiger partial charge is 0.0574 e. The van der Waals surface area contributed by atoms with Gasteiger partial charge in [-0.2, -0.15) is 0 Å². The lowest BCUT2D eigenvalue weighted by atomic mass is 9.79. The van der Waals surface area contributed by atoms with Crippen LogP contribution < -0.4 is 5.32 Å². The highest BCUT2D eigenvalue weighted by molar-refractivity contribution is 9.10. The van der Waals surface area contributed by atoms with Crippen molar-refractivity contribution in [2.75, 3.05) is 7.05 Å². The molecular weight excluding hydrogens is 346 g/mol. The predicted molar refractivity (Wildman–Crippen MR) is 93.1 cm³/mol. The van der Waals surface area contributed by atoms with Gasteiger partial charge in [0.25, 0.3) is 0 Å². The molecule has 2 aromatic rings. The van der Waals surface area contributed by atoms with Gasteiger partial charge in [-0.25, -0.2) is 0 Å². The van der Waals surface area contributed by atoms with Crippen LogP contribution in [0, 0.1) is 0 Å². The number of nitrogens with one attached hydrogen (secondary N) is 1. The van der Waals surface area contributed by atoms with Crippen molar-refractivity contribution in [2.24, 2.45) is 0 Å². The van der Waals surface area contributed by atoms with Gasteiger partial charge in [0.2, 0.25) is 0 Å². The number of hydrogen-bond donors (Lipinski definition) is 1. The Labute approximate surface area is 139 Å². The molecule has 0 spiro atoms. The molecule has 110 valence electrons. The highest BCUT2D eigenvalue weighted by Crippen LogP contribution is 2.37. The van der Waals surface area contributed by atoms with Crippen molar-refractivity contribution in [1.29, 1.82) is 0 Å². The minimum absolute atomic E-state index is 0.172. The summed E-state index contributed by atoms with van der Waals surface area (Å²) in [6.45, 7) is 0. The molecule has 0 radical (unpaired) electrons. The summed E-state index contributed by atoms with van der Waals surface area (Å²) < 4.78 is 0.933. The summed E-state index contributed by atoms with van der Waals surface area (Å²) in [6.07, 6.45) is 4.07. The molecule has 1 aliphatic carbocycles. The summed E-state index contributed by atoms with van der Waals surface area (Å²) in [7, 11) is 1.99. The van der Waals surface area contributed by atoms with Gasteiger partial charge >= 0.3 is 0 Å². The summed E-state index contributed by atoms with van der Waals surface area (Å²) in [5, 5.41) is 4.13. The Balaban J connectivity index is 1.86. The molecule has 0 saturated heterocycles. The molecule has 1 atom stereocenters. The summed E-state index contributed by atoms with van der Waals surface area (Å²) in [6, 6.07) is 15.4. The lowest BCUT2D eigenvalue weighted by Crippen LogP contribution is -2.18. The van der Waals surface area contributed by atoms with Crippen LogP contribution in [-0.2, 0) is 0 Å². The molecule has 1 fully saturated rings. The number of hydrogen-bond acceptors (Lipinski definition) is 1. The van der Waals surface area contributed by atoms with E-state index in [9.17, 15) is 0 Å². The van der Waals surface area contributed by atoms with Gasteiger partial charge in [-0.1, -0.05) is 48.4 Å². The third-order valence-corrected chi connectivity index (χ3v) is 5.64. The second-order valence-electron chi connectivity index (χ2n) is 5.69. The first-order valence-corrected chi connectivity index (χ1v) is 8.58. The van der Waals surface area contributed by atoms with Crippen molar-refractivity contribution < 1.29 is 0 Å².